The monoisotopic (exact) mass is 420 g/mol. The summed E-state index contributed by atoms with van der Waals surface area (Å²) in [7, 11) is 0. The maximum Gasteiger partial charge on any atom is 0.296 e. The van der Waals surface area contributed by atoms with Crippen molar-refractivity contribution in [3.05, 3.63) is 104 Å². The van der Waals surface area contributed by atoms with Gasteiger partial charge in [-0.05, 0) is 60.5 Å². The second-order valence-corrected chi connectivity index (χ2v) is 7.57. The highest BCUT2D eigenvalue weighted by Crippen LogP contribution is 2.40. The van der Waals surface area contributed by atoms with E-state index in [1.807, 2.05) is 13.0 Å². The van der Waals surface area contributed by atoms with Crippen molar-refractivity contribution in [1.29, 1.82) is 0 Å². The SMILES string of the molecule is Cc1ccnc(N2C(=O)c3oc4ccc(Cl)cc4c(=O)c3[C@@H]2c2ccc(F)cc2)c1. The Kier molecular flexibility index (Phi) is 4.18. The van der Waals surface area contributed by atoms with Gasteiger partial charge in [0.2, 0.25) is 5.76 Å². The quantitative estimate of drug-likeness (QED) is 0.456. The molecule has 0 unspecified atom stereocenters. The molecule has 1 aliphatic rings. The van der Waals surface area contributed by atoms with Crippen LogP contribution in [0.5, 0.6) is 0 Å². The van der Waals surface area contributed by atoms with Crippen LogP contribution in [0.4, 0.5) is 10.2 Å². The molecule has 0 spiro atoms. The highest BCUT2D eigenvalue weighted by atomic mass is 35.5. The average Bonchev–Trinajstić information content (AvgIpc) is 3.02. The third-order valence-corrected chi connectivity index (χ3v) is 5.40. The third-order valence-electron chi connectivity index (χ3n) is 5.17. The number of halogens is 2. The summed E-state index contributed by atoms with van der Waals surface area (Å²) in [5, 5.41) is 0.662. The van der Waals surface area contributed by atoms with Crippen LogP contribution in [0.15, 0.2) is 70.0 Å². The van der Waals surface area contributed by atoms with Crippen molar-refractivity contribution in [3.63, 3.8) is 0 Å². The Hall–Kier alpha value is -3.51. The predicted octanol–water partition coefficient (Wildman–Crippen LogP) is 5.04. The first kappa shape index (κ1) is 18.5. The number of fused-ring (bicyclic) bond motifs is 2. The standard InChI is InChI=1S/C23H14ClFN2O3/c1-12-8-9-26-18(10-12)27-20(13-2-5-15(25)6-3-13)19-21(28)16-11-14(24)4-7-17(16)30-22(19)23(27)29/h2-11,20H,1H3/t20-/m0/s1. The molecule has 0 N–H and O–H groups in total. The topological polar surface area (TPSA) is 63.4 Å². The predicted molar refractivity (Wildman–Crippen MR) is 112 cm³/mol. The second-order valence-electron chi connectivity index (χ2n) is 7.14. The van der Waals surface area contributed by atoms with Gasteiger partial charge < -0.3 is 4.42 Å². The molecular formula is C23H14ClFN2O3. The van der Waals surface area contributed by atoms with E-state index < -0.39 is 17.8 Å². The minimum absolute atomic E-state index is 0.0487. The fraction of sp³-hybridized carbons (Fsp3) is 0.0870. The van der Waals surface area contributed by atoms with E-state index in [1.165, 1.54) is 23.1 Å². The van der Waals surface area contributed by atoms with E-state index in [1.54, 1.807) is 36.5 Å². The Bertz CT molecular complexity index is 1380. The summed E-state index contributed by atoms with van der Waals surface area (Å²) < 4.78 is 19.4. The van der Waals surface area contributed by atoms with E-state index in [9.17, 15) is 14.0 Å². The Balaban J connectivity index is 1.83. The molecule has 5 rings (SSSR count). The summed E-state index contributed by atoms with van der Waals surface area (Å²) in [6.45, 7) is 1.88. The van der Waals surface area contributed by atoms with Crippen molar-refractivity contribution >= 4 is 34.3 Å². The van der Waals surface area contributed by atoms with E-state index in [-0.39, 0.29) is 27.7 Å². The van der Waals surface area contributed by atoms with Gasteiger partial charge in [0, 0.05) is 11.2 Å². The molecule has 1 atom stereocenters. The molecule has 2 aromatic carbocycles. The van der Waals surface area contributed by atoms with Crippen molar-refractivity contribution in [2.75, 3.05) is 4.90 Å². The Morgan fingerprint density at radius 2 is 1.83 bits per heavy atom. The van der Waals surface area contributed by atoms with E-state index in [0.717, 1.165) is 5.56 Å². The first-order valence-corrected chi connectivity index (χ1v) is 9.60. The zero-order valence-electron chi connectivity index (χ0n) is 15.7. The number of pyridine rings is 1. The van der Waals surface area contributed by atoms with Gasteiger partial charge in [-0.15, -0.1) is 0 Å². The lowest BCUT2D eigenvalue weighted by Crippen LogP contribution is -2.30. The van der Waals surface area contributed by atoms with Crippen LogP contribution in [0, 0.1) is 12.7 Å². The van der Waals surface area contributed by atoms with Crippen molar-refractivity contribution in [2.45, 2.75) is 13.0 Å². The molecular weight excluding hydrogens is 407 g/mol. The molecule has 1 amide bonds. The van der Waals surface area contributed by atoms with Crippen LogP contribution >= 0.6 is 11.6 Å². The lowest BCUT2D eigenvalue weighted by Gasteiger charge is -2.24. The van der Waals surface area contributed by atoms with E-state index in [4.69, 9.17) is 16.0 Å². The molecule has 0 aliphatic carbocycles. The second kappa shape index (κ2) is 6.78. The van der Waals surface area contributed by atoms with Gasteiger partial charge in [0.25, 0.3) is 5.91 Å². The van der Waals surface area contributed by atoms with Crippen LogP contribution in [0.25, 0.3) is 11.0 Å². The summed E-state index contributed by atoms with van der Waals surface area (Å²) in [5.41, 5.74) is 1.57. The van der Waals surface area contributed by atoms with Gasteiger partial charge in [0.05, 0.1) is 17.0 Å². The van der Waals surface area contributed by atoms with Gasteiger partial charge in [0.15, 0.2) is 5.43 Å². The summed E-state index contributed by atoms with van der Waals surface area (Å²) in [4.78, 5) is 32.5. The summed E-state index contributed by atoms with van der Waals surface area (Å²) in [6.07, 6.45) is 1.59. The van der Waals surface area contributed by atoms with Crippen molar-refractivity contribution < 1.29 is 13.6 Å². The van der Waals surface area contributed by atoms with Gasteiger partial charge >= 0.3 is 0 Å². The van der Waals surface area contributed by atoms with E-state index >= 15 is 0 Å². The average molecular weight is 421 g/mol. The lowest BCUT2D eigenvalue weighted by molar-refractivity contribution is 0.0970. The molecule has 2 aromatic heterocycles. The molecule has 30 heavy (non-hydrogen) atoms. The Labute approximate surface area is 175 Å². The number of carbonyl (C=O) groups is 1. The molecule has 0 saturated heterocycles. The van der Waals surface area contributed by atoms with Crippen molar-refractivity contribution in [2.24, 2.45) is 0 Å². The minimum Gasteiger partial charge on any atom is -0.450 e. The van der Waals surface area contributed by atoms with Crippen LogP contribution in [0.1, 0.15) is 33.3 Å². The van der Waals surface area contributed by atoms with Gasteiger partial charge in [-0.1, -0.05) is 23.7 Å². The van der Waals surface area contributed by atoms with Crippen LogP contribution in [-0.2, 0) is 0 Å². The fourth-order valence-electron chi connectivity index (χ4n) is 3.79. The molecule has 0 fully saturated rings. The van der Waals surface area contributed by atoms with Crippen molar-refractivity contribution in [1.82, 2.24) is 4.98 Å². The minimum atomic E-state index is -0.804. The normalized spacial score (nSPS) is 15.6. The highest BCUT2D eigenvalue weighted by molar-refractivity contribution is 6.31. The molecule has 5 nitrogen and oxygen atoms in total. The molecule has 3 heterocycles. The number of rotatable bonds is 2. The number of benzene rings is 2. The molecule has 0 radical (unpaired) electrons. The van der Waals surface area contributed by atoms with Crippen LogP contribution in [0.3, 0.4) is 0 Å². The fourth-order valence-corrected chi connectivity index (χ4v) is 3.97. The zero-order valence-corrected chi connectivity index (χ0v) is 16.5. The maximum atomic E-state index is 13.6. The number of hydrogen-bond acceptors (Lipinski definition) is 4. The maximum absolute atomic E-state index is 13.6. The van der Waals surface area contributed by atoms with Gasteiger partial charge in [0.1, 0.15) is 17.2 Å². The highest BCUT2D eigenvalue weighted by Gasteiger charge is 2.44. The van der Waals surface area contributed by atoms with Crippen LogP contribution < -0.4 is 10.3 Å². The van der Waals surface area contributed by atoms with Crippen LogP contribution in [-0.4, -0.2) is 10.9 Å². The molecule has 148 valence electrons. The smallest absolute Gasteiger partial charge is 0.296 e. The number of carbonyl (C=O) groups excluding carboxylic acids is 1. The summed E-state index contributed by atoms with van der Waals surface area (Å²) >= 11 is 6.07. The largest absolute Gasteiger partial charge is 0.450 e. The van der Waals surface area contributed by atoms with E-state index in [0.29, 0.717) is 16.4 Å². The molecule has 7 heteroatoms. The number of amides is 1. The number of aromatic nitrogens is 1. The Morgan fingerprint density at radius 3 is 2.57 bits per heavy atom. The number of aryl methyl sites for hydroxylation is 1. The van der Waals surface area contributed by atoms with Gasteiger partial charge in [-0.2, -0.15) is 0 Å². The third kappa shape index (κ3) is 2.80. The first-order chi connectivity index (χ1) is 14.4. The number of hydrogen-bond donors (Lipinski definition) is 0. The van der Waals surface area contributed by atoms with Gasteiger partial charge in [-0.25, -0.2) is 9.37 Å². The zero-order chi connectivity index (χ0) is 21.0. The Morgan fingerprint density at radius 1 is 1.07 bits per heavy atom. The summed E-state index contributed by atoms with van der Waals surface area (Å²) in [5.74, 6) is -0.568. The first-order valence-electron chi connectivity index (χ1n) is 9.22. The summed E-state index contributed by atoms with van der Waals surface area (Å²) in [6, 6.07) is 13.1. The molecule has 0 bridgehead atoms. The van der Waals surface area contributed by atoms with Crippen LogP contribution in [0.2, 0.25) is 5.02 Å². The molecule has 4 aromatic rings. The lowest BCUT2D eigenvalue weighted by atomic mass is 9.98. The molecule has 0 saturated carbocycles. The number of anilines is 1. The molecule has 1 aliphatic heterocycles. The van der Waals surface area contributed by atoms with Crippen molar-refractivity contribution in [3.8, 4) is 0 Å². The van der Waals surface area contributed by atoms with Gasteiger partial charge in [-0.3, -0.25) is 14.5 Å². The van der Waals surface area contributed by atoms with E-state index in [2.05, 4.69) is 4.98 Å². The number of nitrogens with zero attached hydrogens (tertiary/aromatic N) is 2.